The number of aliphatic hydroxyl groups is 1. The van der Waals surface area contributed by atoms with Crippen molar-refractivity contribution in [3.05, 3.63) is 0 Å². The van der Waals surface area contributed by atoms with Gasteiger partial charge in [0.2, 0.25) is 0 Å². The van der Waals surface area contributed by atoms with Gasteiger partial charge in [-0.15, -0.1) is 0 Å². The zero-order chi connectivity index (χ0) is 20.5. The van der Waals surface area contributed by atoms with Gasteiger partial charge in [0, 0.05) is 35.5 Å². The maximum Gasteiger partial charge on any atom is 0.397 e. The second-order valence-corrected chi connectivity index (χ2v) is 11.6. The molecule has 4 saturated carbocycles. The van der Waals surface area contributed by atoms with E-state index in [0.29, 0.717) is 36.5 Å². The summed E-state index contributed by atoms with van der Waals surface area (Å²) in [6, 6.07) is 0. The van der Waals surface area contributed by atoms with Crippen molar-refractivity contribution in [2.24, 2.45) is 40.4 Å². The van der Waals surface area contributed by atoms with Crippen molar-refractivity contribution in [2.75, 3.05) is 0 Å². The van der Waals surface area contributed by atoms with Gasteiger partial charge in [-0.2, -0.15) is 8.42 Å². The van der Waals surface area contributed by atoms with Crippen LogP contribution in [0.5, 0.6) is 0 Å². The van der Waals surface area contributed by atoms with Gasteiger partial charge in [-0.25, -0.2) is 4.18 Å². The first-order valence-corrected chi connectivity index (χ1v) is 12.2. The number of ketones is 1. The standard InChI is InChI=1S/C21H34O6S.Na/c1-12(22)19-18(23)11-17-15-5-4-13-10-14(27-28(24,25)26)6-8-20(13,2)16(15)7-9-21(17,19)3;/h13-19,23H,4-11H2,1-3H3,(H,24,25,26);/t13-,14-,15+,16-,17-,18+,19-,20-,21-;/m0./s1. The summed E-state index contributed by atoms with van der Waals surface area (Å²) in [5, 5.41) is 10.7. The molecule has 4 aliphatic carbocycles. The number of hydrogen-bond acceptors (Lipinski definition) is 5. The van der Waals surface area contributed by atoms with Crippen LogP contribution in [0.4, 0.5) is 0 Å². The van der Waals surface area contributed by atoms with E-state index >= 15 is 0 Å². The number of Topliss-reactive ketones (excluding diaryl/α,β-unsaturated/α-hetero) is 1. The Balaban J connectivity index is 0.00000240. The van der Waals surface area contributed by atoms with Crippen LogP contribution in [-0.2, 0) is 19.4 Å². The normalized spacial score (nSPS) is 49.3. The van der Waals surface area contributed by atoms with E-state index in [2.05, 4.69) is 13.8 Å². The molecule has 4 rings (SSSR count). The van der Waals surface area contributed by atoms with Crippen molar-refractivity contribution < 1.29 is 27.1 Å². The second kappa shape index (κ2) is 8.13. The summed E-state index contributed by atoms with van der Waals surface area (Å²) < 4.78 is 36.2. The van der Waals surface area contributed by atoms with Crippen LogP contribution >= 0.6 is 0 Å². The number of hydrogen-bond donors (Lipinski definition) is 2. The molecule has 0 aliphatic heterocycles. The van der Waals surface area contributed by atoms with Crippen molar-refractivity contribution in [3.63, 3.8) is 0 Å². The van der Waals surface area contributed by atoms with Crippen LogP contribution in [0.25, 0.3) is 0 Å². The van der Waals surface area contributed by atoms with Crippen molar-refractivity contribution in [2.45, 2.75) is 84.3 Å². The second-order valence-electron chi connectivity index (χ2n) is 10.5. The minimum absolute atomic E-state index is 0. The summed E-state index contributed by atoms with van der Waals surface area (Å²) in [5.41, 5.74) is 0.0451. The van der Waals surface area contributed by atoms with Gasteiger partial charge in [-0.05, 0) is 92.8 Å². The average molecular weight is 438 g/mol. The van der Waals surface area contributed by atoms with Crippen molar-refractivity contribution >= 4 is 45.7 Å². The molecule has 161 valence electrons. The fraction of sp³-hybridized carbons (Fsp3) is 0.952. The number of rotatable bonds is 3. The molecule has 0 heterocycles. The topological polar surface area (TPSA) is 101 Å². The first-order valence-electron chi connectivity index (χ1n) is 10.8. The number of carbonyl (C=O) groups excluding carboxylic acids is 1. The summed E-state index contributed by atoms with van der Waals surface area (Å²) in [4.78, 5) is 12.3. The van der Waals surface area contributed by atoms with E-state index in [-0.39, 0.29) is 52.1 Å². The first-order chi connectivity index (χ1) is 13.0. The number of aliphatic hydroxyl groups excluding tert-OH is 1. The maximum absolute atomic E-state index is 12.3. The Morgan fingerprint density at radius 2 is 1.66 bits per heavy atom. The average Bonchev–Trinajstić information content (AvgIpc) is 2.84. The van der Waals surface area contributed by atoms with E-state index in [4.69, 9.17) is 8.74 Å². The van der Waals surface area contributed by atoms with E-state index in [9.17, 15) is 18.3 Å². The first kappa shape index (κ1) is 24.1. The van der Waals surface area contributed by atoms with Crippen LogP contribution in [0.3, 0.4) is 0 Å². The molecular weight excluding hydrogens is 403 g/mol. The molecule has 0 aromatic heterocycles. The van der Waals surface area contributed by atoms with Crippen molar-refractivity contribution in [3.8, 4) is 0 Å². The maximum atomic E-state index is 12.3. The fourth-order valence-electron chi connectivity index (χ4n) is 8.23. The van der Waals surface area contributed by atoms with Gasteiger partial charge >= 0.3 is 10.4 Å². The molecule has 6 nitrogen and oxygen atoms in total. The molecule has 2 N–H and O–H groups in total. The Hall–Kier alpha value is 0.500. The summed E-state index contributed by atoms with van der Waals surface area (Å²) in [6.45, 7) is 6.21. The van der Waals surface area contributed by atoms with Crippen LogP contribution in [0.15, 0.2) is 0 Å². The van der Waals surface area contributed by atoms with Crippen LogP contribution in [0.2, 0.25) is 0 Å². The van der Waals surface area contributed by atoms with Gasteiger partial charge in [0.1, 0.15) is 5.78 Å². The SMILES string of the molecule is CC(=O)[C@H]1[C@H](O)C[C@H]2[C@@H]3CC[C@H]4C[C@@H](OS(=O)(=O)O)CC[C@]4(C)[C@H]3CC[C@@]21C.[Na]. The third-order valence-electron chi connectivity index (χ3n) is 9.34. The van der Waals surface area contributed by atoms with Gasteiger partial charge in [-0.3, -0.25) is 9.35 Å². The fourth-order valence-corrected chi connectivity index (χ4v) is 8.75. The van der Waals surface area contributed by atoms with Gasteiger partial charge in [-0.1, -0.05) is 13.8 Å². The molecular formula is C21H34NaO6S. The van der Waals surface area contributed by atoms with Gasteiger partial charge < -0.3 is 5.11 Å². The van der Waals surface area contributed by atoms with E-state index in [1.807, 2.05) is 0 Å². The Labute approximate surface area is 196 Å². The van der Waals surface area contributed by atoms with Gasteiger partial charge in [0.25, 0.3) is 0 Å². The molecule has 4 fully saturated rings. The van der Waals surface area contributed by atoms with E-state index in [0.717, 1.165) is 38.5 Å². The molecule has 0 saturated heterocycles. The zero-order valence-corrected chi connectivity index (χ0v) is 21.0. The number of fused-ring (bicyclic) bond motifs is 5. The third kappa shape index (κ3) is 4.03. The molecule has 1 radical (unpaired) electrons. The van der Waals surface area contributed by atoms with Gasteiger partial charge in [0.15, 0.2) is 0 Å². The predicted molar refractivity (Wildman–Crippen MR) is 109 cm³/mol. The summed E-state index contributed by atoms with van der Waals surface area (Å²) >= 11 is 0. The molecule has 0 unspecified atom stereocenters. The summed E-state index contributed by atoms with van der Waals surface area (Å²) in [6.07, 6.45) is 6.18. The van der Waals surface area contributed by atoms with Crippen molar-refractivity contribution in [1.29, 1.82) is 0 Å². The molecule has 0 amide bonds. The Bertz CT molecular complexity index is 756. The molecule has 29 heavy (non-hydrogen) atoms. The van der Waals surface area contributed by atoms with Gasteiger partial charge in [0.05, 0.1) is 12.2 Å². The largest absolute Gasteiger partial charge is 0.397 e. The number of carbonyl (C=O) groups is 1. The van der Waals surface area contributed by atoms with Crippen LogP contribution in [-0.4, -0.2) is 65.6 Å². The summed E-state index contributed by atoms with van der Waals surface area (Å²) in [7, 11) is -4.40. The Kier molecular flexibility index (Phi) is 6.77. The molecule has 0 aromatic carbocycles. The van der Waals surface area contributed by atoms with E-state index < -0.39 is 22.6 Å². The van der Waals surface area contributed by atoms with Crippen LogP contribution < -0.4 is 0 Å². The predicted octanol–water partition coefficient (Wildman–Crippen LogP) is 3.01. The quantitative estimate of drug-likeness (QED) is 0.520. The van der Waals surface area contributed by atoms with Crippen LogP contribution in [0.1, 0.15) is 72.1 Å². The molecule has 4 aliphatic rings. The zero-order valence-electron chi connectivity index (χ0n) is 18.1. The molecule has 0 aromatic rings. The monoisotopic (exact) mass is 437 g/mol. The molecule has 8 heteroatoms. The van der Waals surface area contributed by atoms with Crippen molar-refractivity contribution in [1.82, 2.24) is 0 Å². The molecule has 0 bridgehead atoms. The third-order valence-corrected chi connectivity index (χ3v) is 9.86. The van der Waals surface area contributed by atoms with E-state index in [1.54, 1.807) is 6.92 Å². The Morgan fingerprint density at radius 1 is 1.00 bits per heavy atom. The van der Waals surface area contributed by atoms with Crippen LogP contribution in [0, 0.1) is 40.4 Å². The molecule has 9 atom stereocenters. The minimum atomic E-state index is -4.40. The Morgan fingerprint density at radius 3 is 2.28 bits per heavy atom. The summed E-state index contributed by atoms with van der Waals surface area (Å²) in [5.74, 6) is 1.75. The minimum Gasteiger partial charge on any atom is -0.392 e. The van der Waals surface area contributed by atoms with E-state index in [1.165, 1.54) is 0 Å². The molecule has 0 spiro atoms. The smallest absolute Gasteiger partial charge is 0.392 e.